The number of amides is 2. The first-order valence-corrected chi connectivity index (χ1v) is 9.57. The van der Waals surface area contributed by atoms with Gasteiger partial charge in [0.1, 0.15) is 6.04 Å². The van der Waals surface area contributed by atoms with Crippen LogP contribution in [0, 0.1) is 0 Å². The van der Waals surface area contributed by atoms with E-state index in [0.29, 0.717) is 17.9 Å². The molecule has 0 radical (unpaired) electrons. The molecule has 0 aromatic heterocycles. The fraction of sp³-hybridized carbons (Fsp3) is 0.316. The highest BCUT2D eigenvalue weighted by molar-refractivity contribution is 6.21. The number of carbonyl (C=O) groups is 4. The van der Waals surface area contributed by atoms with Crippen molar-refractivity contribution in [2.75, 3.05) is 18.4 Å². The quantitative estimate of drug-likeness (QED) is 0.214. The molecule has 2 heterocycles. The summed E-state index contributed by atoms with van der Waals surface area (Å²) in [6.45, 7) is 0.567. The molecule has 15 heteroatoms. The third-order valence-electron chi connectivity index (χ3n) is 4.61. The van der Waals surface area contributed by atoms with E-state index in [9.17, 15) is 19.2 Å². The SMILES string of the molecule is NC1=NC2=NCC(CNc3ccc(C(=O)NC(CCC(=O)O)C(=O)O)cc3)=NC2C(=O)N1.O.O. The van der Waals surface area contributed by atoms with Crippen LogP contribution in [-0.4, -0.2) is 87.6 Å². The zero-order valence-electron chi connectivity index (χ0n) is 17.7. The van der Waals surface area contributed by atoms with Crippen molar-refractivity contribution in [1.29, 1.82) is 0 Å². The van der Waals surface area contributed by atoms with E-state index >= 15 is 0 Å². The van der Waals surface area contributed by atoms with Crippen LogP contribution in [0.25, 0.3) is 0 Å². The van der Waals surface area contributed by atoms with Crippen molar-refractivity contribution in [2.45, 2.75) is 24.9 Å². The van der Waals surface area contributed by atoms with E-state index in [4.69, 9.17) is 15.9 Å². The Bertz CT molecular complexity index is 1040. The number of carboxylic acids is 2. The van der Waals surface area contributed by atoms with E-state index in [1.807, 2.05) is 0 Å². The van der Waals surface area contributed by atoms with E-state index in [0.717, 1.165) is 0 Å². The molecule has 2 amide bonds. The van der Waals surface area contributed by atoms with Crippen LogP contribution in [-0.2, 0) is 14.4 Å². The number of guanidine groups is 1. The summed E-state index contributed by atoms with van der Waals surface area (Å²) in [5, 5.41) is 25.7. The number of aliphatic imine (C=N–C) groups is 3. The number of carbonyl (C=O) groups excluding carboxylic acids is 2. The Morgan fingerprint density at radius 3 is 2.47 bits per heavy atom. The van der Waals surface area contributed by atoms with Gasteiger partial charge in [-0.2, -0.15) is 4.99 Å². The Labute approximate surface area is 192 Å². The first-order valence-electron chi connectivity index (χ1n) is 9.57. The maximum absolute atomic E-state index is 12.3. The van der Waals surface area contributed by atoms with Crippen LogP contribution in [0.1, 0.15) is 23.2 Å². The average molecular weight is 479 g/mol. The monoisotopic (exact) mass is 479 g/mol. The zero-order chi connectivity index (χ0) is 23.3. The number of nitrogens with one attached hydrogen (secondary N) is 3. The van der Waals surface area contributed by atoms with E-state index in [1.54, 1.807) is 12.1 Å². The van der Waals surface area contributed by atoms with Crippen molar-refractivity contribution in [3.8, 4) is 0 Å². The maximum Gasteiger partial charge on any atom is 0.326 e. The second-order valence-corrected chi connectivity index (χ2v) is 6.99. The Morgan fingerprint density at radius 1 is 1.18 bits per heavy atom. The largest absolute Gasteiger partial charge is 0.481 e. The number of amidine groups is 1. The highest BCUT2D eigenvalue weighted by atomic mass is 16.4. The lowest BCUT2D eigenvalue weighted by Gasteiger charge is -2.22. The minimum atomic E-state index is -1.31. The van der Waals surface area contributed by atoms with Gasteiger partial charge in [-0.15, -0.1) is 0 Å². The topological polar surface area (TPSA) is 271 Å². The molecule has 2 aliphatic rings. The van der Waals surface area contributed by atoms with Crippen molar-refractivity contribution in [3.63, 3.8) is 0 Å². The second-order valence-electron chi connectivity index (χ2n) is 6.99. The van der Waals surface area contributed by atoms with Gasteiger partial charge >= 0.3 is 11.9 Å². The third kappa shape index (κ3) is 7.07. The average Bonchev–Trinajstić information content (AvgIpc) is 2.75. The predicted molar refractivity (Wildman–Crippen MR) is 121 cm³/mol. The van der Waals surface area contributed by atoms with Gasteiger partial charge in [-0.25, -0.2) is 4.79 Å². The van der Waals surface area contributed by atoms with Gasteiger partial charge < -0.3 is 37.5 Å². The molecule has 184 valence electrons. The summed E-state index contributed by atoms with van der Waals surface area (Å²) >= 11 is 0. The van der Waals surface area contributed by atoms with Crippen LogP contribution in [0.4, 0.5) is 5.69 Å². The molecule has 0 bridgehead atoms. The summed E-state index contributed by atoms with van der Waals surface area (Å²) in [5.41, 5.74) is 7.01. The third-order valence-corrected chi connectivity index (χ3v) is 4.61. The number of hydrogen-bond acceptors (Lipinski definition) is 9. The number of benzene rings is 1. The number of aliphatic carboxylic acids is 2. The van der Waals surface area contributed by atoms with Gasteiger partial charge in [0.15, 0.2) is 11.9 Å². The Hall–Kier alpha value is -4.37. The maximum atomic E-state index is 12.3. The Morgan fingerprint density at radius 2 is 1.85 bits per heavy atom. The molecular weight excluding hydrogens is 454 g/mol. The smallest absolute Gasteiger partial charge is 0.326 e. The van der Waals surface area contributed by atoms with Gasteiger partial charge in [0.25, 0.3) is 11.8 Å². The van der Waals surface area contributed by atoms with Crippen LogP contribution in [0.2, 0.25) is 0 Å². The van der Waals surface area contributed by atoms with Gasteiger partial charge in [0, 0.05) is 17.7 Å². The number of nitrogens with two attached hydrogens (primary N) is 1. The molecule has 2 aliphatic heterocycles. The molecular formula is C19H25N7O8. The molecule has 1 aromatic carbocycles. The number of nitrogens with zero attached hydrogens (tertiary/aromatic N) is 3. The lowest BCUT2D eigenvalue weighted by Crippen LogP contribution is -2.51. The number of rotatable bonds is 9. The van der Waals surface area contributed by atoms with Gasteiger partial charge in [-0.3, -0.25) is 29.7 Å². The van der Waals surface area contributed by atoms with Gasteiger partial charge in [0.2, 0.25) is 5.96 Å². The van der Waals surface area contributed by atoms with Crippen molar-refractivity contribution < 1.29 is 40.3 Å². The highest BCUT2D eigenvalue weighted by Gasteiger charge is 2.31. The Balaban J connectivity index is 0.00000289. The lowest BCUT2D eigenvalue weighted by atomic mass is 10.1. The van der Waals surface area contributed by atoms with E-state index < -0.39 is 35.8 Å². The number of hydrogen-bond donors (Lipinski definition) is 6. The summed E-state index contributed by atoms with van der Waals surface area (Å²) in [7, 11) is 0. The molecule has 1 aromatic rings. The van der Waals surface area contributed by atoms with E-state index in [-0.39, 0.29) is 47.7 Å². The fourth-order valence-corrected chi connectivity index (χ4v) is 2.97. The number of carboxylic acid groups (broad SMARTS) is 2. The highest BCUT2D eigenvalue weighted by Crippen LogP contribution is 2.12. The molecule has 2 unspecified atom stereocenters. The van der Waals surface area contributed by atoms with Crippen LogP contribution >= 0.6 is 0 Å². The van der Waals surface area contributed by atoms with E-state index in [1.165, 1.54) is 12.1 Å². The molecule has 11 N–H and O–H groups in total. The minimum Gasteiger partial charge on any atom is -0.481 e. The van der Waals surface area contributed by atoms with Crippen LogP contribution in [0.3, 0.4) is 0 Å². The molecule has 3 rings (SSSR count). The van der Waals surface area contributed by atoms with Crippen molar-refractivity contribution in [1.82, 2.24) is 10.6 Å². The van der Waals surface area contributed by atoms with E-state index in [2.05, 4.69) is 30.9 Å². The molecule has 2 atom stereocenters. The molecule has 0 saturated carbocycles. The molecule has 0 spiro atoms. The molecule has 0 aliphatic carbocycles. The van der Waals surface area contributed by atoms with Crippen LogP contribution < -0.4 is 21.7 Å². The Kier molecular flexibility index (Phi) is 9.79. The van der Waals surface area contributed by atoms with Crippen LogP contribution in [0.15, 0.2) is 39.2 Å². The molecule has 15 nitrogen and oxygen atoms in total. The number of anilines is 1. The van der Waals surface area contributed by atoms with Gasteiger partial charge in [0.05, 0.1) is 18.8 Å². The van der Waals surface area contributed by atoms with Gasteiger partial charge in [-0.05, 0) is 30.7 Å². The fourth-order valence-electron chi connectivity index (χ4n) is 2.97. The lowest BCUT2D eigenvalue weighted by molar-refractivity contribution is -0.140. The molecule has 0 fully saturated rings. The van der Waals surface area contributed by atoms with Crippen molar-refractivity contribution in [3.05, 3.63) is 29.8 Å². The first kappa shape index (κ1) is 27.7. The minimum absolute atomic E-state index is 0. The van der Waals surface area contributed by atoms with Crippen molar-refractivity contribution >= 4 is 46.9 Å². The zero-order valence-corrected chi connectivity index (χ0v) is 17.7. The normalized spacial score (nSPS) is 17.1. The summed E-state index contributed by atoms with van der Waals surface area (Å²) < 4.78 is 0. The summed E-state index contributed by atoms with van der Waals surface area (Å²) in [6, 6.07) is 4.11. The number of fused-ring (bicyclic) bond motifs is 1. The molecule has 34 heavy (non-hydrogen) atoms. The van der Waals surface area contributed by atoms with Crippen LogP contribution in [0.5, 0.6) is 0 Å². The first-order chi connectivity index (χ1) is 15.2. The van der Waals surface area contributed by atoms with Gasteiger partial charge in [-0.1, -0.05) is 0 Å². The predicted octanol–water partition coefficient (Wildman–Crippen LogP) is -2.84. The molecule has 0 saturated heterocycles. The second kappa shape index (κ2) is 12.0. The standard InChI is InChI=1S/C19H21N7O6.2H2O/c20-19-25-15-14(17(30)26-19)23-11(8-22-15)7-21-10-3-1-9(2-4-10)16(29)24-12(18(31)32)5-6-13(27)28;;/h1-4,12,14,21H,5-8H2,(H,24,29)(H,27,28)(H,31,32)(H3,20,22,25,26,30);2*1H2. The van der Waals surface area contributed by atoms with Crippen molar-refractivity contribution in [2.24, 2.45) is 20.7 Å². The summed E-state index contributed by atoms with van der Waals surface area (Å²) in [4.78, 5) is 58.6. The summed E-state index contributed by atoms with van der Waals surface area (Å²) in [6.07, 6.45) is -0.600. The summed E-state index contributed by atoms with van der Waals surface area (Å²) in [5.74, 6) is -3.22.